The highest BCUT2D eigenvalue weighted by molar-refractivity contribution is 7.88. The van der Waals surface area contributed by atoms with E-state index in [0.29, 0.717) is 35.6 Å². The molecule has 3 heterocycles. The van der Waals surface area contributed by atoms with Gasteiger partial charge in [-0.3, -0.25) is 4.79 Å². The van der Waals surface area contributed by atoms with Crippen molar-refractivity contribution in [3.63, 3.8) is 0 Å². The number of benzene rings is 1. The number of hydrogen-bond acceptors (Lipinski definition) is 7. The third kappa shape index (κ3) is 4.48. The molecule has 3 aromatic rings. The van der Waals surface area contributed by atoms with Crippen LogP contribution in [0.1, 0.15) is 24.4 Å². The van der Waals surface area contributed by atoms with E-state index in [4.69, 9.17) is 10.8 Å². The van der Waals surface area contributed by atoms with Gasteiger partial charge in [-0.15, -0.1) is 0 Å². The summed E-state index contributed by atoms with van der Waals surface area (Å²) in [7, 11) is -3.27. The smallest absolute Gasteiger partial charge is 0.246 e. The summed E-state index contributed by atoms with van der Waals surface area (Å²) in [6.45, 7) is 4.99. The van der Waals surface area contributed by atoms with Crippen molar-refractivity contribution < 1.29 is 13.2 Å². The summed E-state index contributed by atoms with van der Waals surface area (Å²) in [6.07, 6.45) is 5.57. The summed E-state index contributed by atoms with van der Waals surface area (Å²) < 4.78 is 27.0. The number of anilines is 1. The number of carbonyl (C=O) groups excluding carboxylic acids is 1. The van der Waals surface area contributed by atoms with Gasteiger partial charge in [0.1, 0.15) is 17.8 Å². The molecular formula is C21H25N7O3S. The molecule has 4 rings (SSSR count). The van der Waals surface area contributed by atoms with Gasteiger partial charge in [-0.05, 0) is 24.5 Å². The molecular weight excluding hydrogens is 430 g/mol. The first-order chi connectivity index (χ1) is 15.3. The van der Waals surface area contributed by atoms with Crippen molar-refractivity contribution in [2.24, 2.45) is 0 Å². The lowest BCUT2D eigenvalue weighted by Gasteiger charge is -2.32. The molecule has 1 amide bonds. The zero-order valence-corrected chi connectivity index (χ0v) is 18.5. The van der Waals surface area contributed by atoms with Gasteiger partial charge in [-0.1, -0.05) is 30.8 Å². The molecule has 0 bridgehead atoms. The van der Waals surface area contributed by atoms with Crippen molar-refractivity contribution in [3.8, 4) is 11.3 Å². The van der Waals surface area contributed by atoms with E-state index in [-0.39, 0.29) is 18.5 Å². The number of fused-ring (bicyclic) bond motifs is 1. The minimum Gasteiger partial charge on any atom is -0.383 e. The summed E-state index contributed by atoms with van der Waals surface area (Å²) in [6, 6.07) is 7.36. The van der Waals surface area contributed by atoms with Crippen LogP contribution in [0.2, 0.25) is 0 Å². The van der Waals surface area contributed by atoms with Gasteiger partial charge in [-0.25, -0.2) is 27.8 Å². The SMILES string of the molecule is C=CC(=O)N1CCC[C@@H](n2nc(-c3ccc(CNS(C)(=O)=O)cc3)c3c(N)ncnc32)C1. The minimum absolute atomic E-state index is 0.0450. The van der Waals surface area contributed by atoms with Crippen LogP contribution in [-0.2, 0) is 21.4 Å². The second-order valence-electron chi connectivity index (χ2n) is 7.83. The Balaban J connectivity index is 1.70. The molecule has 1 aliphatic heterocycles. The molecule has 0 aliphatic carbocycles. The Morgan fingerprint density at radius 2 is 2.06 bits per heavy atom. The summed E-state index contributed by atoms with van der Waals surface area (Å²) in [5, 5.41) is 5.49. The lowest BCUT2D eigenvalue weighted by Crippen LogP contribution is -2.40. The Bertz CT molecular complexity index is 1270. The normalized spacial score (nSPS) is 16.9. The van der Waals surface area contributed by atoms with Crippen LogP contribution in [0.5, 0.6) is 0 Å². The first kappa shape index (κ1) is 21.9. The predicted molar refractivity (Wildman–Crippen MR) is 122 cm³/mol. The monoisotopic (exact) mass is 455 g/mol. The Morgan fingerprint density at radius 3 is 2.75 bits per heavy atom. The molecule has 0 saturated carbocycles. The number of sulfonamides is 1. The first-order valence-corrected chi connectivity index (χ1v) is 12.1. The quantitative estimate of drug-likeness (QED) is 0.537. The molecule has 168 valence electrons. The molecule has 1 atom stereocenters. The standard InChI is InChI=1S/C21H25N7O3S/c1-3-17(29)27-10-4-5-16(12-27)28-21-18(20(22)23-13-24-21)19(26-28)15-8-6-14(7-9-15)11-25-32(2,30)31/h3,6-9,13,16,25H,1,4-5,10-12H2,2H3,(H2,22,23,24)/t16-/m1/s1. The van der Waals surface area contributed by atoms with Crippen molar-refractivity contribution in [2.45, 2.75) is 25.4 Å². The fourth-order valence-electron chi connectivity index (χ4n) is 3.93. The third-order valence-electron chi connectivity index (χ3n) is 5.51. The van der Waals surface area contributed by atoms with Gasteiger partial charge in [0, 0.05) is 25.2 Å². The van der Waals surface area contributed by atoms with Crippen LogP contribution < -0.4 is 10.5 Å². The van der Waals surface area contributed by atoms with E-state index < -0.39 is 10.0 Å². The van der Waals surface area contributed by atoms with Crippen LogP contribution in [0.25, 0.3) is 22.3 Å². The number of amides is 1. The molecule has 0 unspecified atom stereocenters. The summed E-state index contributed by atoms with van der Waals surface area (Å²) in [4.78, 5) is 22.5. The van der Waals surface area contributed by atoms with Crippen LogP contribution in [0, 0.1) is 0 Å². The van der Waals surface area contributed by atoms with Crippen LogP contribution in [0.4, 0.5) is 5.82 Å². The highest BCUT2D eigenvalue weighted by Crippen LogP contribution is 2.33. The zero-order chi connectivity index (χ0) is 22.9. The van der Waals surface area contributed by atoms with Crippen LogP contribution in [0.15, 0.2) is 43.2 Å². The summed E-state index contributed by atoms with van der Waals surface area (Å²) in [5.74, 6) is 0.229. The van der Waals surface area contributed by atoms with E-state index in [9.17, 15) is 13.2 Å². The van der Waals surface area contributed by atoms with Gasteiger partial charge < -0.3 is 10.6 Å². The number of nitrogen functional groups attached to an aromatic ring is 1. The number of hydrogen-bond donors (Lipinski definition) is 2. The van der Waals surface area contributed by atoms with Crippen molar-refractivity contribution in [3.05, 3.63) is 48.8 Å². The molecule has 0 spiro atoms. The van der Waals surface area contributed by atoms with Gasteiger partial charge in [-0.2, -0.15) is 5.10 Å². The number of carbonyl (C=O) groups is 1. The number of aromatic nitrogens is 4. The van der Waals surface area contributed by atoms with Gasteiger partial charge in [0.2, 0.25) is 15.9 Å². The molecule has 1 saturated heterocycles. The Morgan fingerprint density at radius 1 is 1.31 bits per heavy atom. The van der Waals surface area contributed by atoms with E-state index in [1.54, 1.807) is 4.90 Å². The van der Waals surface area contributed by atoms with Crippen molar-refractivity contribution >= 4 is 32.8 Å². The molecule has 1 aliphatic rings. The highest BCUT2D eigenvalue weighted by Gasteiger charge is 2.28. The molecule has 0 radical (unpaired) electrons. The lowest BCUT2D eigenvalue weighted by atomic mass is 10.1. The number of piperidine rings is 1. The average molecular weight is 456 g/mol. The molecule has 2 aromatic heterocycles. The van der Waals surface area contributed by atoms with Crippen molar-refractivity contribution in [1.29, 1.82) is 0 Å². The van der Waals surface area contributed by atoms with E-state index in [1.807, 2.05) is 28.9 Å². The third-order valence-corrected chi connectivity index (χ3v) is 6.18. The van der Waals surface area contributed by atoms with E-state index in [2.05, 4.69) is 21.3 Å². The number of nitrogens with zero attached hydrogens (tertiary/aromatic N) is 5. The van der Waals surface area contributed by atoms with Gasteiger partial charge in [0.15, 0.2) is 5.65 Å². The maximum Gasteiger partial charge on any atom is 0.246 e. The zero-order valence-electron chi connectivity index (χ0n) is 17.7. The summed E-state index contributed by atoms with van der Waals surface area (Å²) in [5.41, 5.74) is 9.10. The van der Waals surface area contributed by atoms with Crippen LogP contribution in [0.3, 0.4) is 0 Å². The van der Waals surface area contributed by atoms with Crippen LogP contribution in [-0.4, -0.2) is 58.3 Å². The van der Waals surface area contributed by atoms with Crippen molar-refractivity contribution in [2.75, 3.05) is 25.1 Å². The fraction of sp³-hybridized carbons (Fsp3) is 0.333. The number of nitrogens with two attached hydrogens (primary N) is 1. The molecule has 1 aromatic carbocycles. The maximum absolute atomic E-state index is 12.1. The molecule has 1 fully saturated rings. The van der Waals surface area contributed by atoms with E-state index in [0.717, 1.165) is 30.2 Å². The number of nitrogens with one attached hydrogen (secondary N) is 1. The second kappa shape index (κ2) is 8.67. The second-order valence-corrected chi connectivity index (χ2v) is 9.66. The van der Waals surface area contributed by atoms with Crippen LogP contribution >= 0.6 is 0 Å². The predicted octanol–water partition coefficient (Wildman–Crippen LogP) is 1.47. The van der Waals surface area contributed by atoms with Gasteiger partial charge in [0.25, 0.3) is 0 Å². The van der Waals surface area contributed by atoms with E-state index in [1.165, 1.54) is 12.4 Å². The largest absolute Gasteiger partial charge is 0.383 e. The molecule has 10 nitrogen and oxygen atoms in total. The Hall–Kier alpha value is -3.31. The topological polar surface area (TPSA) is 136 Å². The number of likely N-dealkylation sites (tertiary alicyclic amines) is 1. The maximum atomic E-state index is 12.1. The minimum atomic E-state index is -3.27. The molecule has 11 heteroatoms. The lowest BCUT2D eigenvalue weighted by molar-refractivity contribution is -0.127. The summed E-state index contributed by atoms with van der Waals surface area (Å²) >= 11 is 0. The highest BCUT2D eigenvalue weighted by atomic mass is 32.2. The van der Waals surface area contributed by atoms with Crippen molar-refractivity contribution in [1.82, 2.24) is 29.4 Å². The Labute approximate surface area is 186 Å². The first-order valence-electron chi connectivity index (χ1n) is 10.2. The number of rotatable bonds is 6. The Kier molecular flexibility index (Phi) is 5.94. The average Bonchev–Trinajstić information content (AvgIpc) is 3.18. The van der Waals surface area contributed by atoms with E-state index >= 15 is 0 Å². The van der Waals surface area contributed by atoms with Gasteiger partial charge >= 0.3 is 0 Å². The fourth-order valence-corrected chi connectivity index (χ4v) is 4.36. The molecule has 3 N–H and O–H groups in total. The van der Waals surface area contributed by atoms with Gasteiger partial charge in [0.05, 0.1) is 17.7 Å². The molecule has 32 heavy (non-hydrogen) atoms.